The second-order valence-electron chi connectivity index (χ2n) is 8.09. The second-order valence-corrected chi connectivity index (χ2v) is 8.09. The minimum atomic E-state index is -0.526. The van der Waals surface area contributed by atoms with Crippen molar-refractivity contribution in [2.24, 2.45) is 11.8 Å². The standard InChI is InChI=1S/C21H27N3O4/c1-2-5-13-10-19(25)23-16-11-14(8-9-15(13)16)22-20(26)12-24-17-6-3-4-7-18(17)28-21(24)27/h3-4,6-7,13-16H,2,5,8-12H2,1H3,(H,22,26)(H,23,25). The predicted octanol–water partition coefficient (Wildman–Crippen LogP) is 2.18. The Morgan fingerprint density at radius 2 is 2.11 bits per heavy atom. The van der Waals surface area contributed by atoms with Crippen LogP contribution >= 0.6 is 0 Å². The Labute approximate surface area is 163 Å². The van der Waals surface area contributed by atoms with Crippen LogP contribution in [0.3, 0.4) is 0 Å². The Kier molecular flexibility index (Phi) is 5.24. The fraction of sp³-hybridized carbons (Fsp3) is 0.571. The molecule has 4 atom stereocenters. The van der Waals surface area contributed by atoms with Crippen molar-refractivity contribution in [3.8, 4) is 0 Å². The maximum absolute atomic E-state index is 12.6. The van der Waals surface area contributed by atoms with Crippen LogP contribution in [0.25, 0.3) is 11.1 Å². The summed E-state index contributed by atoms with van der Waals surface area (Å²) in [6.07, 6.45) is 5.47. The number of aromatic nitrogens is 1. The number of hydrogen-bond donors (Lipinski definition) is 2. The first-order valence-electron chi connectivity index (χ1n) is 10.2. The molecule has 2 fully saturated rings. The smallest absolute Gasteiger partial charge is 0.408 e. The lowest BCUT2D eigenvalue weighted by Crippen LogP contribution is -2.55. The molecule has 1 saturated carbocycles. The van der Waals surface area contributed by atoms with Crippen LogP contribution in [0.4, 0.5) is 0 Å². The number of benzene rings is 1. The molecule has 7 nitrogen and oxygen atoms in total. The third-order valence-electron chi connectivity index (χ3n) is 6.20. The SMILES string of the molecule is CCCC1CC(=O)NC2CC(NC(=O)Cn3c(=O)oc4ccccc43)CCC12. The summed E-state index contributed by atoms with van der Waals surface area (Å²) < 4.78 is 6.54. The number of carbonyl (C=O) groups is 2. The third kappa shape index (κ3) is 3.70. The summed E-state index contributed by atoms with van der Waals surface area (Å²) in [6.45, 7) is 2.10. The quantitative estimate of drug-likeness (QED) is 0.825. The van der Waals surface area contributed by atoms with Gasteiger partial charge in [0.05, 0.1) is 5.52 Å². The van der Waals surface area contributed by atoms with E-state index >= 15 is 0 Å². The summed E-state index contributed by atoms with van der Waals surface area (Å²) in [5, 5.41) is 6.18. The Morgan fingerprint density at radius 3 is 2.93 bits per heavy atom. The van der Waals surface area contributed by atoms with Crippen LogP contribution in [-0.4, -0.2) is 28.5 Å². The van der Waals surface area contributed by atoms with E-state index in [1.165, 1.54) is 4.57 Å². The fourth-order valence-corrected chi connectivity index (χ4v) is 4.98. The molecule has 2 amide bonds. The highest BCUT2D eigenvalue weighted by Crippen LogP contribution is 2.37. The van der Waals surface area contributed by atoms with Crippen LogP contribution in [0.15, 0.2) is 33.5 Å². The number of piperidine rings is 1. The molecule has 1 saturated heterocycles. The molecule has 0 bridgehead atoms. The van der Waals surface area contributed by atoms with E-state index in [4.69, 9.17) is 4.42 Å². The van der Waals surface area contributed by atoms with Crippen molar-refractivity contribution in [1.29, 1.82) is 0 Å². The number of oxazole rings is 1. The number of carbonyl (C=O) groups excluding carboxylic acids is 2. The number of rotatable bonds is 5. The van der Waals surface area contributed by atoms with Gasteiger partial charge in [0.15, 0.2) is 5.58 Å². The van der Waals surface area contributed by atoms with Crippen LogP contribution in [0.1, 0.15) is 45.4 Å². The molecular weight excluding hydrogens is 358 g/mol. The first-order chi connectivity index (χ1) is 13.5. The zero-order chi connectivity index (χ0) is 19.7. The minimum absolute atomic E-state index is 0.0169. The molecule has 7 heteroatoms. The van der Waals surface area contributed by atoms with E-state index in [2.05, 4.69) is 17.6 Å². The van der Waals surface area contributed by atoms with Gasteiger partial charge in [0, 0.05) is 18.5 Å². The van der Waals surface area contributed by atoms with Crippen molar-refractivity contribution in [2.45, 2.75) is 64.1 Å². The van der Waals surface area contributed by atoms with Crippen molar-refractivity contribution in [2.75, 3.05) is 0 Å². The van der Waals surface area contributed by atoms with Gasteiger partial charge in [-0.2, -0.15) is 0 Å². The summed E-state index contributed by atoms with van der Waals surface area (Å²) >= 11 is 0. The van der Waals surface area contributed by atoms with Crippen molar-refractivity contribution in [1.82, 2.24) is 15.2 Å². The number of nitrogens with zero attached hydrogens (tertiary/aromatic N) is 1. The van der Waals surface area contributed by atoms with Gasteiger partial charge < -0.3 is 15.1 Å². The van der Waals surface area contributed by atoms with Crippen molar-refractivity contribution in [3.05, 3.63) is 34.8 Å². The van der Waals surface area contributed by atoms with E-state index in [1.807, 2.05) is 6.07 Å². The van der Waals surface area contributed by atoms with Gasteiger partial charge in [-0.25, -0.2) is 4.79 Å². The van der Waals surface area contributed by atoms with E-state index in [0.717, 1.165) is 32.1 Å². The van der Waals surface area contributed by atoms with Crippen LogP contribution in [0.2, 0.25) is 0 Å². The lowest BCUT2D eigenvalue weighted by atomic mass is 9.70. The van der Waals surface area contributed by atoms with E-state index < -0.39 is 5.76 Å². The van der Waals surface area contributed by atoms with Crippen molar-refractivity contribution in [3.63, 3.8) is 0 Å². The highest BCUT2D eigenvalue weighted by atomic mass is 16.4. The maximum atomic E-state index is 12.6. The Hall–Kier alpha value is -2.57. The van der Waals surface area contributed by atoms with Gasteiger partial charge in [-0.15, -0.1) is 0 Å². The van der Waals surface area contributed by atoms with E-state index in [9.17, 15) is 14.4 Å². The predicted molar refractivity (Wildman–Crippen MR) is 105 cm³/mol. The third-order valence-corrected chi connectivity index (χ3v) is 6.20. The largest absolute Gasteiger partial charge is 0.420 e. The number of fused-ring (bicyclic) bond motifs is 2. The number of nitrogens with one attached hydrogen (secondary N) is 2. The molecule has 28 heavy (non-hydrogen) atoms. The summed E-state index contributed by atoms with van der Waals surface area (Å²) in [6, 6.07) is 7.23. The minimum Gasteiger partial charge on any atom is -0.408 e. The molecule has 1 aromatic carbocycles. The summed E-state index contributed by atoms with van der Waals surface area (Å²) in [5.41, 5.74) is 1.10. The first kappa shape index (κ1) is 18.8. The number of hydrogen-bond acceptors (Lipinski definition) is 4. The average molecular weight is 385 g/mol. The van der Waals surface area contributed by atoms with Gasteiger partial charge in [0.25, 0.3) is 0 Å². The van der Waals surface area contributed by atoms with Crippen LogP contribution < -0.4 is 16.4 Å². The monoisotopic (exact) mass is 385 g/mol. The van der Waals surface area contributed by atoms with E-state index in [1.54, 1.807) is 18.2 Å². The zero-order valence-electron chi connectivity index (χ0n) is 16.1. The molecule has 2 aliphatic rings. The van der Waals surface area contributed by atoms with E-state index in [-0.39, 0.29) is 30.4 Å². The first-order valence-corrected chi connectivity index (χ1v) is 10.2. The molecule has 0 radical (unpaired) electrons. The normalized spacial score (nSPS) is 27.2. The second kappa shape index (κ2) is 7.81. The Balaban J connectivity index is 1.40. The van der Waals surface area contributed by atoms with Crippen LogP contribution in [0.5, 0.6) is 0 Å². The number of amides is 2. The molecule has 150 valence electrons. The molecule has 0 spiro atoms. The Morgan fingerprint density at radius 1 is 1.29 bits per heavy atom. The number of para-hydroxylation sites is 2. The van der Waals surface area contributed by atoms with Gasteiger partial charge >= 0.3 is 5.76 Å². The summed E-state index contributed by atoms with van der Waals surface area (Å²) in [7, 11) is 0. The molecule has 2 N–H and O–H groups in total. The maximum Gasteiger partial charge on any atom is 0.420 e. The summed E-state index contributed by atoms with van der Waals surface area (Å²) in [4.78, 5) is 36.7. The zero-order valence-corrected chi connectivity index (χ0v) is 16.1. The van der Waals surface area contributed by atoms with Gasteiger partial charge in [-0.1, -0.05) is 25.5 Å². The molecule has 1 aliphatic carbocycles. The van der Waals surface area contributed by atoms with Gasteiger partial charge in [0.2, 0.25) is 11.8 Å². The molecule has 1 aromatic heterocycles. The van der Waals surface area contributed by atoms with E-state index in [0.29, 0.717) is 29.4 Å². The summed E-state index contributed by atoms with van der Waals surface area (Å²) in [5.74, 6) is 0.358. The fourth-order valence-electron chi connectivity index (χ4n) is 4.98. The lowest BCUT2D eigenvalue weighted by molar-refractivity contribution is -0.127. The molecular formula is C21H27N3O4. The molecule has 2 aromatic rings. The molecule has 1 aliphatic heterocycles. The Bertz CT molecular complexity index is 931. The topological polar surface area (TPSA) is 93.3 Å². The molecule has 2 heterocycles. The molecule has 4 unspecified atom stereocenters. The highest BCUT2D eigenvalue weighted by molar-refractivity contribution is 5.80. The lowest BCUT2D eigenvalue weighted by Gasteiger charge is -2.44. The van der Waals surface area contributed by atoms with Crippen LogP contribution in [-0.2, 0) is 16.1 Å². The van der Waals surface area contributed by atoms with Crippen molar-refractivity contribution >= 4 is 22.9 Å². The average Bonchev–Trinajstić information content (AvgIpc) is 2.97. The van der Waals surface area contributed by atoms with Gasteiger partial charge in [-0.3, -0.25) is 14.2 Å². The van der Waals surface area contributed by atoms with Gasteiger partial charge in [-0.05, 0) is 49.7 Å². The highest BCUT2D eigenvalue weighted by Gasteiger charge is 2.40. The van der Waals surface area contributed by atoms with Crippen LogP contribution in [0, 0.1) is 11.8 Å². The van der Waals surface area contributed by atoms with Gasteiger partial charge in [0.1, 0.15) is 6.54 Å². The molecule has 4 rings (SSSR count). The van der Waals surface area contributed by atoms with Crippen molar-refractivity contribution < 1.29 is 14.0 Å².